The van der Waals surface area contributed by atoms with E-state index in [1.807, 2.05) is 38.1 Å². The predicted octanol–water partition coefficient (Wildman–Crippen LogP) is 2.10. The average molecular weight is 299 g/mol. The number of hydrogen-bond acceptors (Lipinski definition) is 3. The highest BCUT2D eigenvalue weighted by atomic mass is 35.5. The molecule has 1 aliphatic rings. The van der Waals surface area contributed by atoms with E-state index in [2.05, 4.69) is 5.32 Å². The van der Waals surface area contributed by atoms with Crippen molar-refractivity contribution in [1.82, 2.24) is 5.32 Å². The summed E-state index contributed by atoms with van der Waals surface area (Å²) >= 11 is 0. The Labute approximate surface area is 126 Å². The van der Waals surface area contributed by atoms with E-state index in [1.165, 1.54) is 0 Å². The Bertz CT molecular complexity index is 430. The molecule has 0 bridgehead atoms. The van der Waals surface area contributed by atoms with E-state index in [9.17, 15) is 4.79 Å². The molecule has 2 rings (SSSR count). The molecule has 1 aliphatic heterocycles. The maximum Gasteiger partial charge on any atom is 0.241 e. The minimum Gasteiger partial charge on any atom is -0.376 e. The lowest BCUT2D eigenvalue weighted by atomic mass is 10.0. The van der Waals surface area contributed by atoms with Crippen LogP contribution in [0.15, 0.2) is 24.3 Å². The fraction of sp³-hybridized carbons (Fsp3) is 0.533. The van der Waals surface area contributed by atoms with Crippen molar-refractivity contribution in [2.24, 2.45) is 5.73 Å². The molecule has 1 aromatic rings. The Morgan fingerprint density at radius 3 is 2.60 bits per heavy atom. The summed E-state index contributed by atoms with van der Waals surface area (Å²) in [5.74, 6) is -0.146. The van der Waals surface area contributed by atoms with Gasteiger partial charge in [0.05, 0.1) is 12.1 Å². The molecule has 1 saturated heterocycles. The van der Waals surface area contributed by atoms with Gasteiger partial charge in [-0.25, -0.2) is 0 Å². The van der Waals surface area contributed by atoms with Crippen LogP contribution in [0.4, 0.5) is 0 Å². The van der Waals surface area contributed by atoms with E-state index in [0.717, 1.165) is 30.6 Å². The summed E-state index contributed by atoms with van der Waals surface area (Å²) in [6.45, 7) is 4.76. The summed E-state index contributed by atoms with van der Waals surface area (Å²) in [5.41, 5.74) is 7.98. The molecule has 0 saturated carbocycles. The number of hydrogen-bond donors (Lipinski definition) is 2. The molecule has 0 aliphatic carbocycles. The quantitative estimate of drug-likeness (QED) is 0.895. The third-order valence-electron chi connectivity index (χ3n) is 3.61. The maximum atomic E-state index is 12.1. The third kappa shape index (κ3) is 4.20. The lowest BCUT2D eigenvalue weighted by molar-refractivity contribution is -0.124. The standard InChI is InChI=1S/C15H22N2O2.ClH/c1-10-5-7-12(8-6-10)14(16)15(18)17-11(2)13-4-3-9-19-13;/h5-8,11,13-14H,3-4,9,16H2,1-2H3,(H,17,18);1H. The van der Waals surface area contributed by atoms with Gasteiger partial charge in [-0.05, 0) is 32.3 Å². The first kappa shape index (κ1) is 17.0. The first-order chi connectivity index (χ1) is 9.08. The Hall–Kier alpha value is -1.10. The van der Waals surface area contributed by atoms with Crippen molar-refractivity contribution in [3.8, 4) is 0 Å². The van der Waals surface area contributed by atoms with Crippen molar-refractivity contribution in [1.29, 1.82) is 0 Å². The lowest BCUT2D eigenvalue weighted by Crippen LogP contribution is -2.44. The molecule has 0 aromatic heterocycles. The van der Waals surface area contributed by atoms with Crippen molar-refractivity contribution in [3.63, 3.8) is 0 Å². The normalized spacial score (nSPS) is 20.9. The van der Waals surface area contributed by atoms with Gasteiger partial charge in [0.1, 0.15) is 6.04 Å². The number of carbonyl (C=O) groups is 1. The highest BCUT2D eigenvalue weighted by Gasteiger charge is 2.25. The smallest absolute Gasteiger partial charge is 0.241 e. The van der Waals surface area contributed by atoms with Crippen LogP contribution in [0.2, 0.25) is 0 Å². The topological polar surface area (TPSA) is 64.4 Å². The van der Waals surface area contributed by atoms with Gasteiger partial charge in [0.2, 0.25) is 5.91 Å². The molecule has 0 radical (unpaired) electrons. The number of carbonyl (C=O) groups excluding carboxylic acids is 1. The monoisotopic (exact) mass is 298 g/mol. The van der Waals surface area contributed by atoms with Crippen molar-refractivity contribution < 1.29 is 9.53 Å². The third-order valence-corrected chi connectivity index (χ3v) is 3.61. The maximum absolute atomic E-state index is 12.1. The average Bonchev–Trinajstić information content (AvgIpc) is 2.92. The van der Waals surface area contributed by atoms with Gasteiger partial charge in [0, 0.05) is 6.61 Å². The highest BCUT2D eigenvalue weighted by Crippen LogP contribution is 2.17. The first-order valence-electron chi connectivity index (χ1n) is 6.82. The second-order valence-corrected chi connectivity index (χ2v) is 5.24. The van der Waals surface area contributed by atoms with Gasteiger partial charge >= 0.3 is 0 Å². The molecule has 3 atom stereocenters. The number of amides is 1. The number of aryl methyl sites for hydroxylation is 1. The Morgan fingerprint density at radius 2 is 2.05 bits per heavy atom. The Kier molecular flexibility index (Phi) is 6.46. The number of nitrogens with one attached hydrogen (secondary N) is 1. The minimum atomic E-state index is -0.621. The van der Waals surface area contributed by atoms with E-state index < -0.39 is 6.04 Å². The first-order valence-corrected chi connectivity index (χ1v) is 6.82. The summed E-state index contributed by atoms with van der Waals surface area (Å²) < 4.78 is 5.56. The fourth-order valence-corrected chi connectivity index (χ4v) is 2.33. The summed E-state index contributed by atoms with van der Waals surface area (Å²) in [4.78, 5) is 12.1. The molecule has 112 valence electrons. The number of benzene rings is 1. The van der Waals surface area contributed by atoms with Crippen LogP contribution in [0.25, 0.3) is 0 Å². The van der Waals surface area contributed by atoms with Crippen LogP contribution >= 0.6 is 12.4 Å². The summed E-state index contributed by atoms with van der Waals surface area (Å²) in [7, 11) is 0. The molecule has 1 amide bonds. The molecule has 1 fully saturated rings. The molecule has 3 unspecified atom stereocenters. The van der Waals surface area contributed by atoms with Gasteiger partial charge in [-0.2, -0.15) is 0 Å². The minimum absolute atomic E-state index is 0. The molecule has 0 spiro atoms. The molecule has 4 nitrogen and oxygen atoms in total. The van der Waals surface area contributed by atoms with E-state index in [-0.39, 0.29) is 30.5 Å². The predicted molar refractivity (Wildman–Crippen MR) is 81.9 cm³/mol. The van der Waals surface area contributed by atoms with Crippen LogP contribution in [0.1, 0.15) is 36.9 Å². The van der Waals surface area contributed by atoms with Crippen molar-refractivity contribution in [3.05, 3.63) is 35.4 Å². The SMILES string of the molecule is Cc1ccc(C(N)C(=O)NC(C)C2CCCO2)cc1.Cl. The zero-order chi connectivity index (χ0) is 13.8. The van der Waals surface area contributed by atoms with Crippen molar-refractivity contribution >= 4 is 18.3 Å². The van der Waals surface area contributed by atoms with Crippen LogP contribution in [0.5, 0.6) is 0 Å². The number of nitrogens with two attached hydrogens (primary N) is 1. The largest absolute Gasteiger partial charge is 0.376 e. The second-order valence-electron chi connectivity index (χ2n) is 5.24. The van der Waals surface area contributed by atoms with E-state index >= 15 is 0 Å². The molecule has 1 heterocycles. The summed E-state index contributed by atoms with van der Waals surface area (Å²) in [5, 5.41) is 2.95. The Balaban J connectivity index is 0.00000200. The van der Waals surface area contributed by atoms with Gasteiger partial charge in [-0.3, -0.25) is 4.79 Å². The van der Waals surface area contributed by atoms with Gasteiger partial charge in [0.15, 0.2) is 0 Å². The van der Waals surface area contributed by atoms with Crippen LogP contribution in [0, 0.1) is 6.92 Å². The molecule has 1 aromatic carbocycles. The van der Waals surface area contributed by atoms with E-state index in [4.69, 9.17) is 10.5 Å². The molecular formula is C15H23ClN2O2. The fourth-order valence-electron chi connectivity index (χ4n) is 2.33. The van der Waals surface area contributed by atoms with Gasteiger partial charge < -0.3 is 15.8 Å². The lowest BCUT2D eigenvalue weighted by Gasteiger charge is -2.22. The van der Waals surface area contributed by atoms with Crippen LogP contribution in [0.3, 0.4) is 0 Å². The number of ether oxygens (including phenoxy) is 1. The summed E-state index contributed by atoms with van der Waals surface area (Å²) in [6.07, 6.45) is 2.19. The van der Waals surface area contributed by atoms with Crippen LogP contribution in [-0.4, -0.2) is 24.7 Å². The van der Waals surface area contributed by atoms with E-state index in [1.54, 1.807) is 0 Å². The van der Waals surface area contributed by atoms with Gasteiger partial charge in [0.25, 0.3) is 0 Å². The number of halogens is 1. The molecule has 5 heteroatoms. The Morgan fingerprint density at radius 1 is 1.40 bits per heavy atom. The van der Waals surface area contributed by atoms with Crippen LogP contribution < -0.4 is 11.1 Å². The van der Waals surface area contributed by atoms with Gasteiger partial charge in [-0.15, -0.1) is 12.4 Å². The van der Waals surface area contributed by atoms with Gasteiger partial charge in [-0.1, -0.05) is 29.8 Å². The zero-order valence-electron chi connectivity index (χ0n) is 12.0. The van der Waals surface area contributed by atoms with Crippen LogP contribution in [-0.2, 0) is 9.53 Å². The summed E-state index contributed by atoms with van der Waals surface area (Å²) in [6, 6.07) is 7.11. The van der Waals surface area contributed by atoms with Crippen molar-refractivity contribution in [2.45, 2.75) is 44.9 Å². The molecule has 20 heavy (non-hydrogen) atoms. The van der Waals surface area contributed by atoms with Crippen molar-refractivity contribution in [2.75, 3.05) is 6.61 Å². The molecular weight excluding hydrogens is 276 g/mol. The zero-order valence-corrected chi connectivity index (χ0v) is 12.8. The number of rotatable bonds is 4. The second kappa shape index (κ2) is 7.62. The molecule has 3 N–H and O–H groups in total. The highest BCUT2D eigenvalue weighted by molar-refractivity contribution is 5.85. The van der Waals surface area contributed by atoms with E-state index in [0.29, 0.717) is 0 Å².